The Hall–Kier alpha value is -2.09. The quantitative estimate of drug-likeness (QED) is 0.587. The number of carbonyl (C=O) groups is 1. The van der Waals surface area contributed by atoms with Crippen LogP contribution >= 0.6 is 11.6 Å². The summed E-state index contributed by atoms with van der Waals surface area (Å²) < 4.78 is 16.4. The molecule has 0 atom stereocenters. The van der Waals surface area contributed by atoms with Gasteiger partial charge in [-0.25, -0.2) is 9.79 Å². The summed E-state index contributed by atoms with van der Waals surface area (Å²) in [6, 6.07) is 7.08. The van der Waals surface area contributed by atoms with E-state index in [4.69, 9.17) is 25.8 Å². The van der Waals surface area contributed by atoms with Crippen LogP contribution in [0.4, 0.5) is 0 Å². The molecule has 0 aromatic heterocycles. The maximum atomic E-state index is 12.6. The van der Waals surface area contributed by atoms with Gasteiger partial charge in [0.2, 0.25) is 5.90 Å². The molecule has 0 radical (unpaired) electrons. The first-order valence-electron chi connectivity index (χ1n) is 8.69. The summed E-state index contributed by atoms with van der Waals surface area (Å²) in [5.41, 5.74) is 1.07. The van der Waals surface area contributed by atoms with Gasteiger partial charge in [-0.1, -0.05) is 11.6 Å². The van der Waals surface area contributed by atoms with E-state index in [0.29, 0.717) is 43.0 Å². The van der Waals surface area contributed by atoms with Crippen LogP contribution in [0, 0.1) is 0 Å². The Balaban J connectivity index is 1.72. The molecule has 2 fully saturated rings. The highest BCUT2D eigenvalue weighted by atomic mass is 35.5. The highest BCUT2D eigenvalue weighted by Crippen LogP contribution is 2.26. The molecule has 0 N–H and O–H groups in total. The van der Waals surface area contributed by atoms with Crippen LogP contribution in [0.25, 0.3) is 0 Å². The highest BCUT2D eigenvalue weighted by molar-refractivity contribution is 6.30. The average molecular weight is 378 g/mol. The van der Waals surface area contributed by atoms with Gasteiger partial charge in [-0.3, -0.25) is 0 Å². The summed E-state index contributed by atoms with van der Waals surface area (Å²) in [4.78, 5) is 21.5. The molecule has 138 valence electrons. The van der Waals surface area contributed by atoms with Crippen molar-refractivity contribution in [3.05, 3.63) is 46.4 Å². The van der Waals surface area contributed by atoms with E-state index in [1.54, 1.807) is 24.3 Å². The van der Waals surface area contributed by atoms with Crippen LogP contribution in [-0.2, 0) is 19.0 Å². The van der Waals surface area contributed by atoms with Gasteiger partial charge in [0, 0.05) is 36.8 Å². The number of halogens is 1. The number of cyclic esters (lactones) is 1. The molecule has 0 saturated carbocycles. The number of ether oxygens (including phenoxy) is 3. The van der Waals surface area contributed by atoms with Gasteiger partial charge in [-0.05, 0) is 24.3 Å². The number of morpholine rings is 2. The molecule has 4 rings (SSSR count). The standard InChI is InChI=1S/C18H20ClN3O4/c19-14-3-1-13(2-4-14)16-20-15(18(23)26-16)17(21-5-9-24-10-6-21)22-7-11-25-12-8-22/h1-4H,5-12H2. The normalized spacial score (nSPS) is 20.9. The Bertz CT molecular complexity index is 715. The van der Waals surface area contributed by atoms with Crippen molar-refractivity contribution in [1.29, 1.82) is 0 Å². The molecule has 1 aromatic rings. The van der Waals surface area contributed by atoms with E-state index in [1.165, 1.54) is 0 Å². The predicted octanol–water partition coefficient (Wildman–Crippen LogP) is 1.48. The van der Waals surface area contributed by atoms with Crippen molar-refractivity contribution >= 4 is 23.5 Å². The van der Waals surface area contributed by atoms with Crippen molar-refractivity contribution in [2.75, 3.05) is 52.6 Å². The molecule has 7 nitrogen and oxygen atoms in total. The van der Waals surface area contributed by atoms with Crippen molar-refractivity contribution in [2.24, 2.45) is 4.99 Å². The predicted molar refractivity (Wildman–Crippen MR) is 95.9 cm³/mol. The minimum absolute atomic E-state index is 0.306. The maximum absolute atomic E-state index is 12.6. The monoisotopic (exact) mass is 377 g/mol. The fraction of sp³-hybridized carbons (Fsp3) is 0.444. The zero-order chi connectivity index (χ0) is 17.9. The van der Waals surface area contributed by atoms with Crippen molar-refractivity contribution in [3.63, 3.8) is 0 Å². The molecule has 26 heavy (non-hydrogen) atoms. The number of carbonyl (C=O) groups excluding carboxylic acids is 1. The molecular weight excluding hydrogens is 358 g/mol. The number of hydrogen-bond donors (Lipinski definition) is 0. The van der Waals surface area contributed by atoms with Gasteiger partial charge in [0.05, 0.1) is 26.4 Å². The first-order valence-corrected chi connectivity index (χ1v) is 9.06. The lowest BCUT2D eigenvalue weighted by molar-refractivity contribution is -0.130. The first-order chi connectivity index (χ1) is 12.7. The van der Waals surface area contributed by atoms with E-state index in [9.17, 15) is 4.79 Å². The molecular formula is C18H20ClN3O4. The molecule has 3 heterocycles. The van der Waals surface area contributed by atoms with Gasteiger partial charge < -0.3 is 24.0 Å². The van der Waals surface area contributed by atoms with Gasteiger partial charge >= 0.3 is 5.97 Å². The molecule has 2 saturated heterocycles. The van der Waals surface area contributed by atoms with Crippen molar-refractivity contribution in [3.8, 4) is 0 Å². The third kappa shape index (κ3) is 3.56. The summed E-state index contributed by atoms with van der Waals surface area (Å²) in [5, 5.41) is 0.622. The van der Waals surface area contributed by atoms with Gasteiger partial charge in [0.1, 0.15) is 5.82 Å². The Kier molecular flexibility index (Phi) is 5.10. The van der Waals surface area contributed by atoms with Crippen LogP contribution in [0.15, 0.2) is 40.8 Å². The molecule has 0 amide bonds. The highest BCUT2D eigenvalue weighted by Gasteiger charge is 2.33. The zero-order valence-electron chi connectivity index (χ0n) is 14.3. The molecule has 0 bridgehead atoms. The number of hydrogen-bond acceptors (Lipinski definition) is 7. The maximum Gasteiger partial charge on any atom is 0.367 e. The van der Waals surface area contributed by atoms with E-state index in [-0.39, 0.29) is 0 Å². The number of benzene rings is 1. The minimum Gasteiger partial charge on any atom is -0.402 e. The summed E-state index contributed by atoms with van der Waals surface area (Å²) in [7, 11) is 0. The number of aliphatic imine (C=N–C) groups is 1. The van der Waals surface area contributed by atoms with E-state index >= 15 is 0 Å². The van der Waals surface area contributed by atoms with Crippen LogP contribution < -0.4 is 0 Å². The average Bonchev–Trinajstić information content (AvgIpc) is 3.06. The SMILES string of the molecule is O=C1OC(c2ccc(Cl)cc2)=NC1=C(N1CCOCC1)N1CCOCC1. The first kappa shape index (κ1) is 17.3. The molecule has 3 aliphatic heterocycles. The van der Waals surface area contributed by atoms with Crippen LogP contribution in [0.1, 0.15) is 5.56 Å². The van der Waals surface area contributed by atoms with Crippen LogP contribution in [0.5, 0.6) is 0 Å². The number of esters is 1. The molecule has 1 aromatic carbocycles. The number of nitrogens with zero attached hydrogens (tertiary/aromatic N) is 3. The molecule has 3 aliphatic rings. The van der Waals surface area contributed by atoms with E-state index in [0.717, 1.165) is 37.6 Å². The largest absolute Gasteiger partial charge is 0.402 e. The smallest absolute Gasteiger partial charge is 0.367 e. The molecule has 8 heteroatoms. The Morgan fingerprint density at radius 3 is 2.00 bits per heavy atom. The summed E-state index contributed by atoms with van der Waals surface area (Å²) >= 11 is 5.94. The van der Waals surface area contributed by atoms with E-state index in [2.05, 4.69) is 14.8 Å². The van der Waals surface area contributed by atoms with E-state index in [1.807, 2.05) is 0 Å². The lowest BCUT2D eigenvalue weighted by Gasteiger charge is -2.39. The van der Waals surface area contributed by atoms with Gasteiger partial charge in [-0.15, -0.1) is 0 Å². The number of rotatable bonds is 3. The molecule has 0 aliphatic carbocycles. The lowest BCUT2D eigenvalue weighted by Crippen LogP contribution is -2.46. The van der Waals surface area contributed by atoms with Crippen molar-refractivity contribution < 1.29 is 19.0 Å². The van der Waals surface area contributed by atoms with Crippen LogP contribution in [0.2, 0.25) is 5.02 Å². The Morgan fingerprint density at radius 2 is 1.46 bits per heavy atom. The van der Waals surface area contributed by atoms with Crippen molar-refractivity contribution in [2.45, 2.75) is 0 Å². The van der Waals surface area contributed by atoms with Gasteiger partial charge in [-0.2, -0.15) is 0 Å². The van der Waals surface area contributed by atoms with E-state index < -0.39 is 5.97 Å². The second-order valence-electron chi connectivity index (χ2n) is 6.18. The summed E-state index contributed by atoms with van der Waals surface area (Å²) in [5.74, 6) is 0.689. The third-order valence-electron chi connectivity index (χ3n) is 4.52. The zero-order valence-corrected chi connectivity index (χ0v) is 15.1. The van der Waals surface area contributed by atoms with Crippen LogP contribution in [-0.4, -0.2) is 74.3 Å². The van der Waals surface area contributed by atoms with Crippen LogP contribution in [0.3, 0.4) is 0 Å². The van der Waals surface area contributed by atoms with Crippen molar-refractivity contribution in [1.82, 2.24) is 9.80 Å². The second kappa shape index (κ2) is 7.65. The fourth-order valence-corrected chi connectivity index (χ4v) is 3.34. The molecule has 0 spiro atoms. The topological polar surface area (TPSA) is 63.6 Å². The Morgan fingerprint density at radius 1 is 0.923 bits per heavy atom. The molecule has 0 unspecified atom stereocenters. The minimum atomic E-state index is -0.428. The van der Waals surface area contributed by atoms with Gasteiger partial charge in [0.25, 0.3) is 0 Å². The fourth-order valence-electron chi connectivity index (χ4n) is 3.21. The lowest BCUT2D eigenvalue weighted by atomic mass is 10.2. The summed E-state index contributed by atoms with van der Waals surface area (Å²) in [6.07, 6.45) is 0. The Labute approximate surface area is 156 Å². The second-order valence-corrected chi connectivity index (χ2v) is 6.62. The third-order valence-corrected chi connectivity index (χ3v) is 4.77. The van der Waals surface area contributed by atoms with Gasteiger partial charge in [0.15, 0.2) is 5.70 Å². The summed E-state index contributed by atoms with van der Waals surface area (Å²) in [6.45, 7) is 5.39.